The molecule has 1 aromatic heterocycles. The van der Waals surface area contributed by atoms with Crippen LogP contribution < -0.4 is 0 Å². The van der Waals surface area contributed by atoms with E-state index >= 15 is 0 Å². The number of nitrogens with one attached hydrogen (secondary N) is 1. The lowest BCUT2D eigenvalue weighted by molar-refractivity contribution is -0.390. The highest BCUT2D eigenvalue weighted by atomic mass is 16.6. The van der Waals surface area contributed by atoms with Crippen LogP contribution in [0.15, 0.2) is 0 Å². The van der Waals surface area contributed by atoms with E-state index in [9.17, 15) is 10.1 Å². The minimum absolute atomic E-state index is 0.0532. The smallest absolute Gasteiger partial charge is 0.344 e. The van der Waals surface area contributed by atoms with Crippen LogP contribution in [0.3, 0.4) is 0 Å². The lowest BCUT2D eigenvalue weighted by atomic mass is 10.3. The summed E-state index contributed by atoms with van der Waals surface area (Å²) in [4.78, 5) is 15.6. The van der Waals surface area contributed by atoms with Crippen molar-refractivity contribution >= 4 is 5.82 Å². The van der Waals surface area contributed by atoms with E-state index in [0.29, 0.717) is 12.1 Å². The Morgan fingerprint density at radius 1 is 1.90 bits per heavy atom. The zero-order valence-corrected chi connectivity index (χ0v) is 5.42. The van der Waals surface area contributed by atoms with Gasteiger partial charge in [0, 0.05) is 0 Å². The fraction of sp³-hybridized carbons (Fsp3) is 0.400. The van der Waals surface area contributed by atoms with Crippen LogP contribution in [0.1, 0.15) is 12.6 Å². The van der Waals surface area contributed by atoms with Crippen molar-refractivity contribution in [2.75, 3.05) is 0 Å². The number of aromatic nitrogens is 2. The molecule has 1 N–H and O–H groups in total. The summed E-state index contributed by atoms with van der Waals surface area (Å²) in [6, 6.07) is 0. The molecule has 5 heteroatoms. The second kappa shape index (κ2) is 2.47. The van der Waals surface area contributed by atoms with Gasteiger partial charge in [-0.05, 0) is 11.3 Å². The van der Waals surface area contributed by atoms with Crippen molar-refractivity contribution in [3.63, 3.8) is 0 Å². The molecule has 0 atom stereocenters. The molecule has 0 aromatic carbocycles. The summed E-state index contributed by atoms with van der Waals surface area (Å²) in [5.74, 6) is -0.0532. The third-order valence-corrected chi connectivity index (χ3v) is 1.16. The van der Waals surface area contributed by atoms with Crippen molar-refractivity contribution in [1.82, 2.24) is 9.97 Å². The largest absolute Gasteiger partial charge is 0.358 e. The minimum atomic E-state index is -0.498. The lowest BCUT2D eigenvalue weighted by Gasteiger charge is -1.90. The van der Waals surface area contributed by atoms with Crippen LogP contribution in [0.2, 0.25) is 0 Å². The molecule has 1 heterocycles. The molecular weight excluding hydrogens is 134 g/mol. The predicted octanol–water partition coefficient (Wildman–Crippen LogP) is 0.680. The van der Waals surface area contributed by atoms with Crippen LogP contribution in [0.4, 0.5) is 5.82 Å². The summed E-state index contributed by atoms with van der Waals surface area (Å²) in [6.07, 6.45) is 2.87. The van der Waals surface area contributed by atoms with E-state index in [2.05, 4.69) is 16.3 Å². The maximum atomic E-state index is 10.2. The molecule has 0 aliphatic rings. The highest BCUT2D eigenvalue weighted by molar-refractivity contribution is 5.24. The summed E-state index contributed by atoms with van der Waals surface area (Å²) >= 11 is 0. The Morgan fingerprint density at radius 3 is 3.00 bits per heavy atom. The van der Waals surface area contributed by atoms with Gasteiger partial charge >= 0.3 is 5.82 Å². The normalized spacial score (nSPS) is 9.70. The molecular formula is C5H6N3O2. The number of rotatable bonds is 2. The molecule has 0 saturated carbocycles. The molecule has 1 aromatic rings. The van der Waals surface area contributed by atoms with Gasteiger partial charge in [0.1, 0.15) is 5.69 Å². The molecule has 0 fully saturated rings. The SMILES string of the molecule is CCc1n[c][nH]c1[N+](=O)[O-]. The predicted molar refractivity (Wildman–Crippen MR) is 33.5 cm³/mol. The maximum Gasteiger partial charge on any atom is 0.344 e. The number of nitrogens with zero attached hydrogens (tertiary/aromatic N) is 2. The van der Waals surface area contributed by atoms with Crippen molar-refractivity contribution < 1.29 is 4.92 Å². The second-order valence-corrected chi connectivity index (χ2v) is 1.75. The zero-order valence-electron chi connectivity index (χ0n) is 5.42. The van der Waals surface area contributed by atoms with Crippen LogP contribution in [0, 0.1) is 16.4 Å². The third kappa shape index (κ3) is 0.975. The minimum Gasteiger partial charge on any atom is -0.358 e. The summed E-state index contributed by atoms with van der Waals surface area (Å²) in [5, 5.41) is 10.2. The van der Waals surface area contributed by atoms with Crippen molar-refractivity contribution in [2.45, 2.75) is 13.3 Å². The maximum absolute atomic E-state index is 10.2. The standard InChI is InChI=1S/C5H6N3O2/c1-2-4-5(8(9)10)7-3-6-4/h2H2,1H3,(H,6,7). The van der Waals surface area contributed by atoms with Crippen molar-refractivity contribution in [2.24, 2.45) is 0 Å². The van der Waals surface area contributed by atoms with E-state index in [1.54, 1.807) is 6.92 Å². The monoisotopic (exact) mass is 140 g/mol. The average Bonchev–Trinajstić information content (AvgIpc) is 2.33. The molecule has 0 unspecified atom stereocenters. The van der Waals surface area contributed by atoms with Crippen LogP contribution in [0.25, 0.3) is 0 Å². The number of hydrogen-bond donors (Lipinski definition) is 1. The first kappa shape index (κ1) is 6.73. The molecule has 1 rings (SSSR count). The van der Waals surface area contributed by atoms with Crippen molar-refractivity contribution in [3.8, 4) is 0 Å². The Hall–Kier alpha value is -1.39. The highest BCUT2D eigenvalue weighted by Gasteiger charge is 2.12. The topological polar surface area (TPSA) is 71.8 Å². The molecule has 0 saturated heterocycles. The number of aromatic amines is 1. The van der Waals surface area contributed by atoms with Gasteiger partial charge in [-0.15, -0.1) is 0 Å². The molecule has 5 nitrogen and oxygen atoms in total. The first-order chi connectivity index (χ1) is 4.75. The number of aryl methyl sites for hydroxylation is 1. The van der Waals surface area contributed by atoms with Gasteiger partial charge in [-0.1, -0.05) is 6.92 Å². The number of H-pyrrole nitrogens is 1. The number of imidazole rings is 1. The fourth-order valence-corrected chi connectivity index (χ4v) is 0.671. The summed E-state index contributed by atoms with van der Waals surface area (Å²) < 4.78 is 0. The molecule has 0 aliphatic carbocycles. The molecule has 0 amide bonds. The van der Waals surface area contributed by atoms with Gasteiger partial charge in [0.25, 0.3) is 6.33 Å². The first-order valence-corrected chi connectivity index (χ1v) is 2.85. The van der Waals surface area contributed by atoms with E-state index < -0.39 is 4.92 Å². The van der Waals surface area contributed by atoms with Gasteiger partial charge in [-0.25, -0.2) is 9.97 Å². The van der Waals surface area contributed by atoms with E-state index in [4.69, 9.17) is 0 Å². The molecule has 0 bridgehead atoms. The quantitative estimate of drug-likeness (QED) is 0.485. The van der Waals surface area contributed by atoms with Gasteiger partial charge in [0.15, 0.2) is 0 Å². The van der Waals surface area contributed by atoms with Gasteiger partial charge < -0.3 is 10.1 Å². The molecule has 1 radical (unpaired) electrons. The Morgan fingerprint density at radius 2 is 2.60 bits per heavy atom. The van der Waals surface area contributed by atoms with E-state index in [1.165, 1.54) is 0 Å². The van der Waals surface area contributed by atoms with E-state index in [1.807, 2.05) is 0 Å². The van der Waals surface area contributed by atoms with Crippen LogP contribution in [0.5, 0.6) is 0 Å². The zero-order chi connectivity index (χ0) is 7.56. The summed E-state index contributed by atoms with van der Waals surface area (Å²) in [7, 11) is 0. The van der Waals surface area contributed by atoms with Gasteiger partial charge in [0.05, 0.1) is 0 Å². The Bertz CT molecular complexity index is 243. The van der Waals surface area contributed by atoms with Crippen LogP contribution in [-0.4, -0.2) is 14.9 Å². The van der Waals surface area contributed by atoms with Crippen LogP contribution >= 0.6 is 0 Å². The van der Waals surface area contributed by atoms with E-state index in [-0.39, 0.29) is 5.82 Å². The molecule has 53 valence electrons. The van der Waals surface area contributed by atoms with Gasteiger partial charge in [-0.2, -0.15) is 0 Å². The summed E-state index contributed by atoms with van der Waals surface area (Å²) in [5.41, 5.74) is 0.449. The molecule has 10 heavy (non-hydrogen) atoms. The first-order valence-electron chi connectivity index (χ1n) is 2.85. The average molecular weight is 140 g/mol. The van der Waals surface area contributed by atoms with Crippen LogP contribution in [-0.2, 0) is 6.42 Å². The van der Waals surface area contributed by atoms with Crippen molar-refractivity contribution in [1.29, 1.82) is 0 Å². The number of nitro groups is 1. The van der Waals surface area contributed by atoms with Crippen molar-refractivity contribution in [3.05, 3.63) is 22.1 Å². The molecule has 0 spiro atoms. The Kier molecular flexibility index (Phi) is 1.66. The summed E-state index contributed by atoms with van der Waals surface area (Å²) in [6.45, 7) is 1.80. The molecule has 0 aliphatic heterocycles. The second-order valence-electron chi connectivity index (χ2n) is 1.75. The third-order valence-electron chi connectivity index (χ3n) is 1.16. The lowest BCUT2D eigenvalue weighted by Crippen LogP contribution is -1.92. The fourth-order valence-electron chi connectivity index (χ4n) is 0.671. The highest BCUT2D eigenvalue weighted by Crippen LogP contribution is 2.11. The van der Waals surface area contributed by atoms with E-state index in [0.717, 1.165) is 0 Å². The van der Waals surface area contributed by atoms with Gasteiger partial charge in [-0.3, -0.25) is 0 Å². The van der Waals surface area contributed by atoms with Gasteiger partial charge in [0.2, 0.25) is 0 Å². The Labute approximate surface area is 57.2 Å². The number of hydrogen-bond acceptors (Lipinski definition) is 3. The Balaban J connectivity index is 3.01.